The third kappa shape index (κ3) is 6.28. The number of hydrogen-bond acceptors (Lipinski definition) is 7. The molecule has 1 aliphatic rings. The van der Waals surface area contributed by atoms with Gasteiger partial charge in [0.25, 0.3) is 11.8 Å². The molecule has 9 heteroatoms. The molecule has 8 nitrogen and oxygen atoms in total. The average molecular weight is 525 g/mol. The second-order valence-electron chi connectivity index (χ2n) is 9.37. The molecule has 2 aromatic carbocycles. The molecule has 0 fully saturated rings. The number of amides is 4. The molecule has 0 aliphatic carbocycles. The van der Waals surface area contributed by atoms with Gasteiger partial charge in [-0.3, -0.25) is 34.2 Å². The number of thioether (sulfide) groups is 1. The first-order valence-electron chi connectivity index (χ1n) is 12.3. The SMILES string of the molecule is CCCC(C(=O)NC(=O)C(CC(C)C)c1ccc(OC)cc1)N1C(=O)c2cccc(SC(C)=O)c2C1=O. The highest BCUT2D eigenvalue weighted by Gasteiger charge is 2.44. The minimum Gasteiger partial charge on any atom is -0.497 e. The van der Waals surface area contributed by atoms with Gasteiger partial charge in [-0.1, -0.05) is 57.2 Å². The maximum Gasteiger partial charge on any atom is 0.263 e. The summed E-state index contributed by atoms with van der Waals surface area (Å²) in [5, 5.41) is 2.25. The van der Waals surface area contributed by atoms with Crippen molar-refractivity contribution in [3.63, 3.8) is 0 Å². The third-order valence-corrected chi connectivity index (χ3v) is 6.97. The molecule has 0 saturated carbocycles. The Morgan fingerprint density at radius 1 is 1.00 bits per heavy atom. The number of fused-ring (bicyclic) bond motifs is 1. The molecule has 37 heavy (non-hydrogen) atoms. The van der Waals surface area contributed by atoms with E-state index in [0.29, 0.717) is 23.5 Å². The zero-order valence-electron chi connectivity index (χ0n) is 21.7. The predicted octanol–water partition coefficient (Wildman–Crippen LogP) is 4.57. The van der Waals surface area contributed by atoms with Crippen LogP contribution in [0.15, 0.2) is 47.4 Å². The van der Waals surface area contributed by atoms with E-state index in [9.17, 15) is 24.0 Å². The average Bonchev–Trinajstić information content (AvgIpc) is 3.11. The topological polar surface area (TPSA) is 110 Å². The summed E-state index contributed by atoms with van der Waals surface area (Å²) in [5.74, 6) is -2.22. The number of benzene rings is 2. The van der Waals surface area contributed by atoms with E-state index >= 15 is 0 Å². The number of hydrogen-bond donors (Lipinski definition) is 1. The first-order chi connectivity index (χ1) is 17.6. The van der Waals surface area contributed by atoms with Gasteiger partial charge in [0.05, 0.1) is 24.2 Å². The molecule has 2 atom stereocenters. The molecule has 0 aromatic heterocycles. The van der Waals surface area contributed by atoms with E-state index in [4.69, 9.17) is 4.74 Å². The van der Waals surface area contributed by atoms with Crippen LogP contribution >= 0.6 is 11.8 Å². The summed E-state index contributed by atoms with van der Waals surface area (Å²) in [4.78, 5) is 66.3. The van der Waals surface area contributed by atoms with Gasteiger partial charge in [-0.15, -0.1) is 0 Å². The maximum atomic E-state index is 13.4. The van der Waals surface area contributed by atoms with Gasteiger partial charge in [-0.2, -0.15) is 0 Å². The van der Waals surface area contributed by atoms with Crippen LogP contribution in [0.3, 0.4) is 0 Å². The lowest BCUT2D eigenvalue weighted by Crippen LogP contribution is -2.51. The Labute approximate surface area is 221 Å². The van der Waals surface area contributed by atoms with Gasteiger partial charge in [0.15, 0.2) is 5.12 Å². The van der Waals surface area contributed by atoms with Crippen molar-refractivity contribution in [1.29, 1.82) is 0 Å². The molecule has 2 aromatic rings. The number of nitrogens with one attached hydrogen (secondary N) is 1. The van der Waals surface area contributed by atoms with Crippen LogP contribution in [0.1, 0.15) is 79.2 Å². The van der Waals surface area contributed by atoms with Crippen molar-refractivity contribution >= 4 is 40.5 Å². The van der Waals surface area contributed by atoms with Crippen molar-refractivity contribution in [3.8, 4) is 5.75 Å². The van der Waals surface area contributed by atoms with Crippen molar-refractivity contribution in [2.75, 3.05) is 7.11 Å². The molecule has 3 rings (SSSR count). The number of nitrogens with zero attached hydrogens (tertiary/aromatic N) is 1. The lowest BCUT2D eigenvalue weighted by Gasteiger charge is -2.26. The summed E-state index contributed by atoms with van der Waals surface area (Å²) in [6.45, 7) is 7.18. The van der Waals surface area contributed by atoms with Crippen LogP contribution in [0.5, 0.6) is 5.75 Å². The Morgan fingerprint density at radius 3 is 2.24 bits per heavy atom. The van der Waals surface area contributed by atoms with Crippen molar-refractivity contribution in [2.24, 2.45) is 5.92 Å². The number of ether oxygens (including phenoxy) is 1. The summed E-state index contributed by atoms with van der Waals surface area (Å²) in [6, 6.07) is 10.6. The molecule has 0 bridgehead atoms. The van der Waals surface area contributed by atoms with Crippen LogP contribution in [0.25, 0.3) is 0 Å². The van der Waals surface area contributed by atoms with Crippen LogP contribution < -0.4 is 10.1 Å². The summed E-state index contributed by atoms with van der Waals surface area (Å²) < 4.78 is 5.20. The second kappa shape index (κ2) is 12.2. The summed E-state index contributed by atoms with van der Waals surface area (Å²) in [6.07, 6.45) is 1.20. The van der Waals surface area contributed by atoms with Gasteiger partial charge in [0, 0.05) is 11.8 Å². The van der Waals surface area contributed by atoms with E-state index < -0.39 is 35.6 Å². The van der Waals surface area contributed by atoms with Crippen molar-refractivity contribution < 1.29 is 28.7 Å². The molecule has 1 heterocycles. The van der Waals surface area contributed by atoms with Gasteiger partial charge < -0.3 is 4.74 Å². The van der Waals surface area contributed by atoms with Crippen LogP contribution in [0.2, 0.25) is 0 Å². The number of imide groups is 2. The fourth-order valence-electron chi connectivity index (χ4n) is 4.44. The highest BCUT2D eigenvalue weighted by molar-refractivity contribution is 8.13. The highest BCUT2D eigenvalue weighted by atomic mass is 32.2. The predicted molar refractivity (Wildman–Crippen MR) is 141 cm³/mol. The molecule has 1 aliphatic heterocycles. The minimum absolute atomic E-state index is 0.115. The molecule has 1 N–H and O–H groups in total. The Morgan fingerprint density at radius 2 is 1.68 bits per heavy atom. The monoisotopic (exact) mass is 524 g/mol. The molecule has 2 unspecified atom stereocenters. The van der Waals surface area contributed by atoms with Crippen LogP contribution in [0.4, 0.5) is 0 Å². The molecular formula is C28H32N2O6S. The van der Waals surface area contributed by atoms with Crippen LogP contribution in [0, 0.1) is 5.92 Å². The molecule has 0 spiro atoms. The van der Waals surface area contributed by atoms with Gasteiger partial charge in [-0.25, -0.2) is 0 Å². The lowest BCUT2D eigenvalue weighted by molar-refractivity contribution is -0.134. The molecular weight excluding hydrogens is 492 g/mol. The van der Waals surface area contributed by atoms with E-state index in [-0.39, 0.29) is 28.6 Å². The Bertz CT molecular complexity index is 1210. The zero-order chi connectivity index (χ0) is 27.3. The first-order valence-corrected chi connectivity index (χ1v) is 13.1. The van der Waals surface area contributed by atoms with Crippen molar-refractivity contribution in [2.45, 2.75) is 63.8 Å². The quantitative estimate of drug-likeness (QED) is 0.358. The summed E-state index contributed by atoms with van der Waals surface area (Å²) in [7, 11) is 1.56. The van der Waals surface area contributed by atoms with Crippen molar-refractivity contribution in [3.05, 3.63) is 59.2 Å². The van der Waals surface area contributed by atoms with E-state index in [1.165, 1.54) is 13.0 Å². The Kier molecular flexibility index (Phi) is 9.26. The van der Waals surface area contributed by atoms with Gasteiger partial charge >= 0.3 is 0 Å². The van der Waals surface area contributed by atoms with E-state index in [0.717, 1.165) is 22.2 Å². The fourth-order valence-corrected chi connectivity index (χ4v) is 5.20. The molecule has 196 valence electrons. The third-order valence-electron chi connectivity index (χ3n) is 6.13. The van der Waals surface area contributed by atoms with Crippen LogP contribution in [-0.4, -0.2) is 46.8 Å². The molecule has 0 radical (unpaired) electrons. The second-order valence-corrected chi connectivity index (χ2v) is 10.6. The standard InChI is InChI=1S/C28H32N2O6S/c1-6-8-22(30-27(34)20-9-7-10-23(37-17(4)31)24(20)28(30)35)26(33)29-25(32)21(15-16(2)3)18-11-13-19(36-5)14-12-18/h7,9-14,16,21-22H,6,8,15H2,1-5H3,(H,29,32,33). The smallest absolute Gasteiger partial charge is 0.263 e. The summed E-state index contributed by atoms with van der Waals surface area (Å²) >= 11 is 0.863. The Hall–Kier alpha value is -3.46. The van der Waals surface area contributed by atoms with Gasteiger partial charge in [-0.05, 0) is 48.6 Å². The van der Waals surface area contributed by atoms with Crippen LogP contribution in [-0.2, 0) is 14.4 Å². The van der Waals surface area contributed by atoms with E-state index in [1.54, 1.807) is 43.5 Å². The first kappa shape index (κ1) is 28.1. The zero-order valence-corrected chi connectivity index (χ0v) is 22.5. The Balaban J connectivity index is 1.88. The van der Waals surface area contributed by atoms with E-state index in [1.807, 2.05) is 20.8 Å². The van der Waals surface area contributed by atoms with Gasteiger partial charge in [0.2, 0.25) is 11.8 Å². The highest BCUT2D eigenvalue weighted by Crippen LogP contribution is 2.34. The van der Waals surface area contributed by atoms with Gasteiger partial charge in [0.1, 0.15) is 11.8 Å². The largest absolute Gasteiger partial charge is 0.497 e. The number of methoxy groups -OCH3 is 1. The molecule has 4 amide bonds. The maximum absolute atomic E-state index is 13.4. The number of carbonyl (C=O) groups excluding carboxylic acids is 5. The minimum atomic E-state index is -1.16. The van der Waals surface area contributed by atoms with E-state index in [2.05, 4.69) is 5.32 Å². The molecule has 0 saturated heterocycles. The lowest BCUT2D eigenvalue weighted by atomic mass is 9.89. The number of rotatable bonds is 10. The number of carbonyl (C=O) groups is 5. The summed E-state index contributed by atoms with van der Waals surface area (Å²) in [5.41, 5.74) is 0.995. The normalized spacial score (nSPS) is 14.4. The fraction of sp³-hybridized carbons (Fsp3) is 0.393. The van der Waals surface area contributed by atoms with Crippen molar-refractivity contribution in [1.82, 2.24) is 10.2 Å².